The fraction of sp³-hybridized carbons (Fsp3) is 0.333. The topological polar surface area (TPSA) is 66.8 Å². The van der Waals surface area contributed by atoms with Gasteiger partial charge in [0.25, 0.3) is 5.91 Å². The summed E-state index contributed by atoms with van der Waals surface area (Å²) in [5, 5.41) is 8.99. The van der Waals surface area contributed by atoms with Crippen LogP contribution >= 0.6 is 0 Å². The van der Waals surface area contributed by atoms with Crippen LogP contribution in [0.15, 0.2) is 18.2 Å². The van der Waals surface area contributed by atoms with Gasteiger partial charge in [-0.2, -0.15) is 0 Å². The first-order valence-electron chi connectivity index (χ1n) is 5.56. The van der Waals surface area contributed by atoms with Crippen LogP contribution in [-0.2, 0) is 9.53 Å². The van der Waals surface area contributed by atoms with Crippen LogP contribution in [0.3, 0.4) is 0 Å². The fourth-order valence-electron chi connectivity index (χ4n) is 1.89. The van der Waals surface area contributed by atoms with Gasteiger partial charge < -0.3 is 14.7 Å². The van der Waals surface area contributed by atoms with E-state index in [9.17, 15) is 18.4 Å². The molecule has 1 atom stereocenters. The van der Waals surface area contributed by atoms with Crippen molar-refractivity contribution in [2.75, 3.05) is 19.8 Å². The number of halogens is 2. The minimum atomic E-state index is -1.22. The maximum absolute atomic E-state index is 13.1. The van der Waals surface area contributed by atoms with Crippen molar-refractivity contribution < 1.29 is 28.2 Å². The number of amides is 1. The molecule has 0 saturated carbocycles. The number of hydrogen-bond acceptors (Lipinski definition) is 3. The molecule has 102 valence electrons. The molecule has 7 heteroatoms. The van der Waals surface area contributed by atoms with Crippen molar-refractivity contribution in [3.8, 4) is 0 Å². The van der Waals surface area contributed by atoms with Gasteiger partial charge in [-0.3, -0.25) is 4.79 Å². The van der Waals surface area contributed by atoms with Gasteiger partial charge in [-0.25, -0.2) is 13.6 Å². The maximum atomic E-state index is 13.1. The summed E-state index contributed by atoms with van der Waals surface area (Å²) in [7, 11) is 0. The second-order valence-corrected chi connectivity index (χ2v) is 4.09. The molecule has 1 aromatic rings. The SMILES string of the molecule is O=C(O)C1COCCN1C(=O)c1cc(F)cc(F)c1. The third-order valence-corrected chi connectivity index (χ3v) is 2.78. The van der Waals surface area contributed by atoms with E-state index in [1.54, 1.807) is 0 Å². The molecule has 1 aromatic carbocycles. The van der Waals surface area contributed by atoms with Crippen molar-refractivity contribution in [3.63, 3.8) is 0 Å². The minimum absolute atomic E-state index is 0.0634. The zero-order chi connectivity index (χ0) is 14.0. The smallest absolute Gasteiger partial charge is 0.328 e. The van der Waals surface area contributed by atoms with Crippen molar-refractivity contribution in [2.24, 2.45) is 0 Å². The predicted molar refractivity (Wildman–Crippen MR) is 59.6 cm³/mol. The zero-order valence-electron chi connectivity index (χ0n) is 9.81. The molecule has 1 heterocycles. The lowest BCUT2D eigenvalue weighted by Gasteiger charge is -2.32. The van der Waals surface area contributed by atoms with Gasteiger partial charge in [0.2, 0.25) is 0 Å². The highest BCUT2D eigenvalue weighted by Crippen LogP contribution is 2.15. The first-order valence-corrected chi connectivity index (χ1v) is 5.56. The van der Waals surface area contributed by atoms with Gasteiger partial charge in [-0.1, -0.05) is 0 Å². The molecule has 0 bridgehead atoms. The minimum Gasteiger partial charge on any atom is -0.480 e. The highest BCUT2D eigenvalue weighted by atomic mass is 19.1. The Morgan fingerprint density at radius 1 is 1.26 bits per heavy atom. The van der Waals surface area contributed by atoms with Gasteiger partial charge in [-0.05, 0) is 12.1 Å². The molecule has 0 spiro atoms. The number of nitrogens with zero attached hydrogens (tertiary/aromatic N) is 1. The van der Waals surface area contributed by atoms with E-state index in [-0.39, 0.29) is 25.3 Å². The van der Waals surface area contributed by atoms with E-state index in [1.807, 2.05) is 0 Å². The van der Waals surface area contributed by atoms with E-state index in [2.05, 4.69) is 0 Å². The Morgan fingerprint density at radius 2 is 1.89 bits per heavy atom. The lowest BCUT2D eigenvalue weighted by atomic mass is 10.1. The summed E-state index contributed by atoms with van der Waals surface area (Å²) in [6, 6.07) is 1.25. The number of benzene rings is 1. The summed E-state index contributed by atoms with van der Waals surface area (Å²) < 4.78 is 31.1. The van der Waals surface area contributed by atoms with Gasteiger partial charge in [0, 0.05) is 18.2 Å². The first-order chi connectivity index (χ1) is 8.99. The lowest BCUT2D eigenvalue weighted by molar-refractivity contribution is -0.147. The van der Waals surface area contributed by atoms with E-state index >= 15 is 0 Å². The third-order valence-electron chi connectivity index (χ3n) is 2.78. The molecule has 0 aromatic heterocycles. The number of carbonyl (C=O) groups is 2. The van der Waals surface area contributed by atoms with E-state index < -0.39 is 29.6 Å². The second kappa shape index (κ2) is 5.31. The molecule has 0 radical (unpaired) electrons. The molecule has 2 rings (SSSR count). The first kappa shape index (κ1) is 13.4. The van der Waals surface area contributed by atoms with Gasteiger partial charge in [0.05, 0.1) is 13.2 Å². The summed E-state index contributed by atoms with van der Waals surface area (Å²) in [5.41, 5.74) is -0.217. The van der Waals surface area contributed by atoms with Gasteiger partial charge >= 0.3 is 5.97 Å². The van der Waals surface area contributed by atoms with E-state index in [0.29, 0.717) is 6.07 Å². The molecule has 0 aliphatic carbocycles. The lowest BCUT2D eigenvalue weighted by Crippen LogP contribution is -2.52. The van der Waals surface area contributed by atoms with Gasteiger partial charge in [0.15, 0.2) is 6.04 Å². The van der Waals surface area contributed by atoms with Crippen LogP contribution < -0.4 is 0 Å². The number of carboxylic acids is 1. The number of rotatable bonds is 2. The molecular formula is C12H11F2NO4. The number of morpholine rings is 1. The number of carboxylic acid groups (broad SMARTS) is 1. The molecule has 5 nitrogen and oxygen atoms in total. The summed E-state index contributed by atoms with van der Waals surface area (Å²) in [5.74, 6) is -3.72. The molecule has 1 N–H and O–H groups in total. The standard InChI is InChI=1S/C12H11F2NO4/c13-8-3-7(4-9(14)5-8)11(16)15-1-2-19-6-10(15)12(17)18/h3-5,10H,1-2,6H2,(H,17,18). The van der Waals surface area contributed by atoms with Gasteiger partial charge in [-0.15, -0.1) is 0 Å². The summed E-state index contributed by atoms with van der Waals surface area (Å²) in [4.78, 5) is 24.1. The van der Waals surface area contributed by atoms with E-state index in [0.717, 1.165) is 17.0 Å². The number of aliphatic carboxylic acids is 1. The van der Waals surface area contributed by atoms with Crippen LogP contribution in [0, 0.1) is 11.6 Å². The molecule has 1 aliphatic heterocycles. The zero-order valence-corrected chi connectivity index (χ0v) is 9.81. The summed E-state index contributed by atoms with van der Waals surface area (Å²) in [6.45, 7) is 0.111. The van der Waals surface area contributed by atoms with Gasteiger partial charge in [0.1, 0.15) is 11.6 Å². The van der Waals surface area contributed by atoms with Crippen molar-refractivity contribution >= 4 is 11.9 Å². The monoisotopic (exact) mass is 271 g/mol. The van der Waals surface area contributed by atoms with Crippen LogP contribution in [0.25, 0.3) is 0 Å². The Balaban J connectivity index is 2.28. The normalized spacial score (nSPS) is 19.3. The Kier molecular flexibility index (Phi) is 3.75. The summed E-state index contributed by atoms with van der Waals surface area (Å²) in [6.07, 6.45) is 0. The molecule has 19 heavy (non-hydrogen) atoms. The van der Waals surface area contributed by atoms with Crippen LogP contribution in [0.1, 0.15) is 10.4 Å². The highest BCUT2D eigenvalue weighted by molar-refractivity contribution is 5.96. The Hall–Kier alpha value is -2.02. The fourth-order valence-corrected chi connectivity index (χ4v) is 1.89. The highest BCUT2D eigenvalue weighted by Gasteiger charge is 2.33. The predicted octanol–water partition coefficient (Wildman–Crippen LogP) is 0.890. The average molecular weight is 271 g/mol. The second-order valence-electron chi connectivity index (χ2n) is 4.09. The van der Waals surface area contributed by atoms with E-state index in [1.165, 1.54) is 0 Å². The maximum Gasteiger partial charge on any atom is 0.328 e. The quantitative estimate of drug-likeness (QED) is 0.867. The third kappa shape index (κ3) is 2.87. The number of carbonyl (C=O) groups excluding carboxylic acids is 1. The molecule has 1 unspecified atom stereocenters. The van der Waals surface area contributed by atoms with E-state index in [4.69, 9.17) is 9.84 Å². The summed E-state index contributed by atoms with van der Waals surface area (Å²) >= 11 is 0. The average Bonchev–Trinajstić information content (AvgIpc) is 2.36. The van der Waals surface area contributed by atoms with Crippen LogP contribution in [0.5, 0.6) is 0 Å². The van der Waals surface area contributed by atoms with Crippen LogP contribution in [-0.4, -0.2) is 47.7 Å². The van der Waals surface area contributed by atoms with Crippen LogP contribution in [0.2, 0.25) is 0 Å². The molecule has 1 aliphatic rings. The Bertz CT molecular complexity index is 500. The van der Waals surface area contributed by atoms with Crippen molar-refractivity contribution in [1.82, 2.24) is 4.90 Å². The molecular weight excluding hydrogens is 260 g/mol. The van der Waals surface area contributed by atoms with Crippen molar-refractivity contribution in [1.29, 1.82) is 0 Å². The van der Waals surface area contributed by atoms with Crippen molar-refractivity contribution in [3.05, 3.63) is 35.4 Å². The van der Waals surface area contributed by atoms with Crippen molar-refractivity contribution in [2.45, 2.75) is 6.04 Å². The molecule has 1 saturated heterocycles. The van der Waals surface area contributed by atoms with Crippen LogP contribution in [0.4, 0.5) is 8.78 Å². The number of hydrogen-bond donors (Lipinski definition) is 1. The largest absolute Gasteiger partial charge is 0.480 e. The Morgan fingerprint density at radius 3 is 2.47 bits per heavy atom. The molecule has 1 amide bonds. The molecule has 1 fully saturated rings. The Labute approximate surface area is 107 Å². The number of ether oxygens (including phenoxy) is 1.